The van der Waals surface area contributed by atoms with E-state index in [9.17, 15) is 71.2 Å². The number of aromatic hydroxyl groups is 4. The molecule has 2 heterocycles. The lowest BCUT2D eigenvalue weighted by Gasteiger charge is -2.67. The Morgan fingerprint density at radius 1 is 0.894 bits per heavy atom. The van der Waals surface area contributed by atoms with Crippen molar-refractivity contribution in [2.24, 2.45) is 0 Å². The van der Waals surface area contributed by atoms with E-state index >= 15 is 0 Å². The van der Waals surface area contributed by atoms with Crippen LogP contribution >= 0.6 is 0 Å². The van der Waals surface area contributed by atoms with Crippen molar-refractivity contribution in [3.63, 3.8) is 0 Å². The van der Waals surface area contributed by atoms with Crippen LogP contribution < -0.4 is 0 Å². The molecule has 260 valence electrons. The van der Waals surface area contributed by atoms with E-state index in [2.05, 4.69) is 0 Å². The predicted molar refractivity (Wildman–Crippen MR) is 154 cm³/mol. The summed E-state index contributed by atoms with van der Waals surface area (Å²) in [6.07, 6.45) is -13.3. The van der Waals surface area contributed by atoms with E-state index in [0.29, 0.717) is 6.08 Å². The molecule has 0 aromatic heterocycles. The van der Waals surface area contributed by atoms with Crippen molar-refractivity contribution in [3.8, 4) is 23.0 Å². The van der Waals surface area contributed by atoms with E-state index in [1.54, 1.807) is 0 Å². The Bertz CT molecular complexity index is 1530. The lowest BCUT2D eigenvalue weighted by atomic mass is 9.54. The van der Waals surface area contributed by atoms with Crippen molar-refractivity contribution in [1.82, 2.24) is 0 Å². The largest absolute Gasteiger partial charge is 0.504 e. The molecule has 2 fully saturated rings. The molecule has 2 aliphatic heterocycles. The second-order valence-electron chi connectivity index (χ2n) is 11.7. The van der Waals surface area contributed by atoms with Gasteiger partial charge in [-0.15, -0.1) is 0 Å². The Labute approximate surface area is 266 Å². The van der Waals surface area contributed by atoms with Gasteiger partial charge in [0.1, 0.15) is 30.0 Å². The van der Waals surface area contributed by atoms with Crippen LogP contribution in [0.5, 0.6) is 23.0 Å². The smallest absolute Gasteiger partial charge is 0.235 e. The molecule has 0 saturated carbocycles. The molecule has 4 rings (SSSR count). The molecule has 17 nitrogen and oxygen atoms in total. The van der Waals surface area contributed by atoms with Gasteiger partial charge in [-0.1, -0.05) is 18.2 Å². The van der Waals surface area contributed by atoms with Gasteiger partial charge in [-0.2, -0.15) is 0 Å². The van der Waals surface area contributed by atoms with Gasteiger partial charge in [-0.25, -0.2) is 0 Å². The summed E-state index contributed by atoms with van der Waals surface area (Å²) in [5.74, 6) is -8.10. The van der Waals surface area contributed by atoms with Gasteiger partial charge in [0, 0.05) is 7.11 Å². The number of phenolic OH excluding ortho intramolecular Hbond substituents is 4. The highest BCUT2D eigenvalue weighted by atomic mass is 16.7. The van der Waals surface area contributed by atoms with Gasteiger partial charge in [0.15, 0.2) is 51.9 Å². The van der Waals surface area contributed by atoms with Crippen molar-refractivity contribution in [2.45, 2.75) is 78.8 Å². The maximum atomic E-state index is 13.9. The van der Waals surface area contributed by atoms with Crippen molar-refractivity contribution in [2.75, 3.05) is 13.7 Å². The molecule has 2 aliphatic rings. The van der Waals surface area contributed by atoms with Gasteiger partial charge in [-0.05, 0) is 55.3 Å². The lowest BCUT2D eigenvalue weighted by Crippen LogP contribution is -2.94. The Kier molecular flexibility index (Phi) is 9.47. The number of hydrogen-bond acceptors (Lipinski definition) is 17. The maximum Gasteiger partial charge on any atom is 0.235 e. The molecule has 0 aliphatic carbocycles. The molecule has 0 amide bonds. The van der Waals surface area contributed by atoms with Crippen LogP contribution in [0.1, 0.15) is 25.0 Å². The van der Waals surface area contributed by atoms with Crippen molar-refractivity contribution in [3.05, 3.63) is 53.6 Å². The predicted octanol–water partition coefficient (Wildman–Crippen LogP) is -3.25. The number of hydrogen-bond donors (Lipinski definition) is 13. The van der Waals surface area contributed by atoms with Crippen molar-refractivity contribution >= 4 is 11.9 Å². The zero-order chi connectivity index (χ0) is 35.5. The first-order chi connectivity index (χ1) is 21.7. The fourth-order valence-electron chi connectivity index (χ4n) is 6.29. The quantitative estimate of drug-likeness (QED) is 0.0968. The average molecular weight is 671 g/mol. The molecule has 2 aromatic rings. The summed E-state index contributed by atoms with van der Waals surface area (Å²) in [6.45, 7) is 0.825. The van der Waals surface area contributed by atoms with Crippen LogP contribution in [0.2, 0.25) is 0 Å². The van der Waals surface area contributed by atoms with Gasteiger partial charge in [0.2, 0.25) is 5.79 Å². The van der Waals surface area contributed by atoms with Crippen LogP contribution in [0.25, 0.3) is 6.08 Å². The summed E-state index contributed by atoms with van der Waals surface area (Å²) in [6, 6.07) is 5.97. The van der Waals surface area contributed by atoms with Gasteiger partial charge in [0.05, 0.1) is 12.7 Å². The number of phenols is 4. The SMILES string of the molecule is COC(C)(c1ccc(O)c(O)c1)C1(O)O[C@H](CO)[C@@H](O)[C@H](O)[C@@]1(O)[C@]1(O)C(O)O[C@@H](C)[C@@H](O)[C@]1(O)C(=O)/C=C/c1ccc(O)c(O)c1. The third kappa shape index (κ3) is 4.90. The zero-order valence-corrected chi connectivity index (χ0v) is 25.2. The van der Waals surface area contributed by atoms with Crippen LogP contribution in [0.15, 0.2) is 42.5 Å². The average Bonchev–Trinajstić information content (AvgIpc) is 3.04. The van der Waals surface area contributed by atoms with Crippen LogP contribution in [-0.2, 0) is 24.6 Å². The third-order valence-corrected chi connectivity index (χ3v) is 9.27. The number of rotatable bonds is 8. The molecular weight excluding hydrogens is 632 g/mol. The molecule has 0 radical (unpaired) electrons. The zero-order valence-electron chi connectivity index (χ0n) is 25.2. The molecule has 2 aromatic carbocycles. The van der Waals surface area contributed by atoms with Crippen LogP contribution in [0, 0.1) is 0 Å². The number of ketones is 1. The molecular formula is C30H38O17. The maximum absolute atomic E-state index is 13.9. The molecule has 47 heavy (non-hydrogen) atoms. The summed E-state index contributed by atoms with van der Waals surface area (Å²) in [5.41, 5.74) is -15.3. The Morgan fingerprint density at radius 2 is 1.47 bits per heavy atom. The Hall–Kier alpha value is -3.43. The summed E-state index contributed by atoms with van der Waals surface area (Å²) < 4.78 is 16.2. The molecule has 0 spiro atoms. The minimum Gasteiger partial charge on any atom is -0.504 e. The van der Waals surface area contributed by atoms with Gasteiger partial charge in [-0.3, -0.25) is 4.79 Å². The van der Waals surface area contributed by atoms with Crippen LogP contribution in [0.4, 0.5) is 0 Å². The fourth-order valence-corrected chi connectivity index (χ4v) is 6.29. The minimum absolute atomic E-state index is 0.0208. The summed E-state index contributed by atoms with van der Waals surface area (Å²) in [5, 5.41) is 144. The lowest BCUT2D eigenvalue weighted by molar-refractivity contribution is -0.498. The number of aliphatic hydroxyl groups is 9. The molecule has 2 saturated heterocycles. The second kappa shape index (κ2) is 12.2. The number of benzene rings is 2. The van der Waals surface area contributed by atoms with E-state index in [-0.39, 0.29) is 11.1 Å². The first-order valence-electron chi connectivity index (χ1n) is 14.1. The molecule has 0 bridgehead atoms. The van der Waals surface area contributed by atoms with E-state index in [4.69, 9.17) is 14.2 Å². The van der Waals surface area contributed by atoms with Crippen LogP contribution in [0.3, 0.4) is 0 Å². The molecule has 3 unspecified atom stereocenters. The first kappa shape index (κ1) is 36.4. The molecule has 11 atom stereocenters. The van der Waals surface area contributed by atoms with Gasteiger partial charge >= 0.3 is 0 Å². The van der Waals surface area contributed by atoms with Gasteiger partial charge in [0.25, 0.3) is 0 Å². The summed E-state index contributed by atoms with van der Waals surface area (Å²) >= 11 is 0. The monoisotopic (exact) mass is 670 g/mol. The Balaban J connectivity index is 2.04. The van der Waals surface area contributed by atoms with Crippen LogP contribution in [-0.4, -0.2) is 145 Å². The summed E-state index contributed by atoms with van der Waals surface area (Å²) in [4.78, 5) is 13.9. The summed E-state index contributed by atoms with van der Waals surface area (Å²) in [7, 11) is 0.902. The molecule has 17 heteroatoms. The van der Waals surface area contributed by atoms with E-state index in [1.807, 2.05) is 0 Å². The van der Waals surface area contributed by atoms with E-state index in [0.717, 1.165) is 57.4 Å². The number of carbonyl (C=O) groups excluding carboxylic acids is 1. The van der Waals surface area contributed by atoms with Crippen molar-refractivity contribution < 1.29 is 85.4 Å². The first-order valence-corrected chi connectivity index (χ1v) is 14.1. The normalized spacial score (nSPS) is 39.1. The number of methoxy groups -OCH3 is 1. The highest BCUT2D eigenvalue weighted by Crippen LogP contribution is 2.58. The standard InChI is InChI=1S/C30H38O17/c1-13-23(38)27(41,21(36)9-5-14-4-7-16(32)18(34)10-14)29(43,25(40)46-13)28(42)24(39)22(37)20(12-31)47-30(28,44)26(2,45-3)15-6-8-17(33)19(35)11-15/h4-11,13,20,22-25,31-35,37-44H,12H2,1-3H3/b9-5+/t13-,20+,22+,23+,24-,25?,26?,27+,28+,29-,30?/m0/s1. The van der Waals surface area contributed by atoms with Crippen molar-refractivity contribution in [1.29, 1.82) is 0 Å². The Morgan fingerprint density at radius 3 is 2.00 bits per heavy atom. The number of ether oxygens (including phenoxy) is 3. The second-order valence-corrected chi connectivity index (χ2v) is 11.7. The highest BCUT2D eigenvalue weighted by molar-refractivity contribution is 6.02. The number of aliphatic hydroxyl groups excluding tert-OH is 5. The fraction of sp³-hybridized carbons (Fsp3) is 0.500. The minimum atomic E-state index is -4.20. The van der Waals surface area contributed by atoms with E-state index < -0.39 is 100 Å². The van der Waals surface area contributed by atoms with E-state index in [1.165, 1.54) is 6.07 Å². The highest BCUT2D eigenvalue weighted by Gasteiger charge is 2.86. The third-order valence-electron chi connectivity index (χ3n) is 9.27. The van der Waals surface area contributed by atoms with Gasteiger partial charge < -0.3 is 80.6 Å². The number of carbonyl (C=O) groups is 1. The molecule has 13 N–H and O–H groups in total. The topological polar surface area (TPSA) is 308 Å².